The number of rotatable bonds is 4. The standard InChI is InChI=1S/C16H22N2O4/c1-11(2)21-16(19)18-8-6-12(7-9-18)22-13-4-5-14(17)15(10-13)20-3/h4-5,10,12H,1,6-9,17H2,2-3H3. The highest BCUT2D eigenvalue weighted by atomic mass is 16.6. The van der Waals surface area contributed by atoms with E-state index in [2.05, 4.69) is 6.58 Å². The van der Waals surface area contributed by atoms with Gasteiger partial charge in [-0.05, 0) is 19.1 Å². The number of likely N-dealkylation sites (tertiary alicyclic amines) is 1. The molecule has 2 N–H and O–H groups in total. The van der Waals surface area contributed by atoms with E-state index in [0.29, 0.717) is 36.0 Å². The minimum atomic E-state index is -0.347. The van der Waals surface area contributed by atoms with Gasteiger partial charge in [0.15, 0.2) is 0 Å². The van der Waals surface area contributed by atoms with Gasteiger partial charge in [-0.25, -0.2) is 4.79 Å². The predicted molar refractivity (Wildman–Crippen MR) is 83.9 cm³/mol. The van der Waals surface area contributed by atoms with Crippen LogP contribution in [0.5, 0.6) is 11.5 Å². The van der Waals surface area contributed by atoms with Crippen molar-refractivity contribution in [2.24, 2.45) is 0 Å². The van der Waals surface area contributed by atoms with E-state index in [9.17, 15) is 4.79 Å². The summed E-state index contributed by atoms with van der Waals surface area (Å²) in [5.41, 5.74) is 6.35. The molecule has 1 aliphatic rings. The summed E-state index contributed by atoms with van der Waals surface area (Å²) < 4.78 is 16.1. The Labute approximate surface area is 130 Å². The van der Waals surface area contributed by atoms with Crippen molar-refractivity contribution >= 4 is 11.8 Å². The summed E-state index contributed by atoms with van der Waals surface area (Å²) in [7, 11) is 1.57. The lowest BCUT2D eigenvalue weighted by Gasteiger charge is -2.31. The van der Waals surface area contributed by atoms with Crippen LogP contribution in [0, 0.1) is 0 Å². The zero-order valence-electron chi connectivity index (χ0n) is 13.0. The Morgan fingerprint density at radius 1 is 1.36 bits per heavy atom. The molecule has 1 fully saturated rings. The van der Waals surface area contributed by atoms with Gasteiger partial charge in [-0.1, -0.05) is 6.58 Å². The molecular weight excluding hydrogens is 284 g/mol. The molecule has 1 aromatic carbocycles. The number of amides is 1. The number of nitrogens with zero attached hydrogens (tertiary/aromatic N) is 1. The van der Waals surface area contributed by atoms with Crippen LogP contribution in [0.4, 0.5) is 10.5 Å². The number of benzene rings is 1. The number of ether oxygens (including phenoxy) is 3. The van der Waals surface area contributed by atoms with Crippen molar-refractivity contribution in [3.8, 4) is 11.5 Å². The second kappa shape index (κ2) is 7.06. The average Bonchev–Trinajstić information content (AvgIpc) is 2.49. The summed E-state index contributed by atoms with van der Waals surface area (Å²) in [6.45, 7) is 6.42. The number of carbonyl (C=O) groups excluding carboxylic acids is 1. The van der Waals surface area contributed by atoms with Crippen LogP contribution in [0.25, 0.3) is 0 Å². The third kappa shape index (κ3) is 4.07. The highest BCUT2D eigenvalue weighted by Crippen LogP contribution is 2.28. The van der Waals surface area contributed by atoms with E-state index >= 15 is 0 Å². The zero-order valence-corrected chi connectivity index (χ0v) is 13.0. The van der Waals surface area contributed by atoms with Crippen LogP contribution in [0.15, 0.2) is 30.5 Å². The fourth-order valence-electron chi connectivity index (χ4n) is 2.33. The minimum absolute atomic E-state index is 0.0576. The molecule has 1 saturated heterocycles. The van der Waals surface area contributed by atoms with Gasteiger partial charge in [0.25, 0.3) is 0 Å². The predicted octanol–water partition coefficient (Wildman–Crippen LogP) is 2.79. The molecule has 22 heavy (non-hydrogen) atoms. The van der Waals surface area contributed by atoms with Crippen LogP contribution < -0.4 is 15.2 Å². The van der Waals surface area contributed by atoms with E-state index < -0.39 is 0 Å². The molecule has 0 atom stereocenters. The number of anilines is 1. The zero-order chi connectivity index (χ0) is 16.1. The maximum Gasteiger partial charge on any atom is 0.414 e. The van der Waals surface area contributed by atoms with Gasteiger partial charge in [-0.2, -0.15) is 0 Å². The first kappa shape index (κ1) is 16.0. The monoisotopic (exact) mass is 306 g/mol. The lowest BCUT2D eigenvalue weighted by molar-refractivity contribution is 0.0819. The van der Waals surface area contributed by atoms with E-state index in [0.717, 1.165) is 12.8 Å². The van der Waals surface area contributed by atoms with Gasteiger partial charge in [0.2, 0.25) is 0 Å². The molecule has 6 nitrogen and oxygen atoms in total. The normalized spacial score (nSPS) is 15.3. The van der Waals surface area contributed by atoms with Crippen molar-refractivity contribution in [2.75, 3.05) is 25.9 Å². The fraction of sp³-hybridized carbons (Fsp3) is 0.438. The van der Waals surface area contributed by atoms with Gasteiger partial charge in [0.1, 0.15) is 17.6 Å². The maximum atomic E-state index is 11.8. The second-order valence-corrected chi connectivity index (χ2v) is 5.28. The molecule has 6 heteroatoms. The lowest BCUT2D eigenvalue weighted by atomic mass is 10.1. The number of nitrogens with two attached hydrogens (primary N) is 1. The largest absolute Gasteiger partial charge is 0.494 e. The van der Waals surface area contributed by atoms with Crippen LogP contribution in [-0.4, -0.2) is 37.3 Å². The SMILES string of the molecule is C=C(C)OC(=O)N1CCC(Oc2ccc(N)c(OC)c2)CC1. The van der Waals surface area contributed by atoms with Crippen molar-refractivity contribution in [2.45, 2.75) is 25.9 Å². The Morgan fingerprint density at radius 3 is 2.64 bits per heavy atom. The summed E-state index contributed by atoms with van der Waals surface area (Å²) >= 11 is 0. The quantitative estimate of drug-likeness (QED) is 0.684. The second-order valence-electron chi connectivity index (χ2n) is 5.28. The number of hydrogen-bond acceptors (Lipinski definition) is 5. The molecule has 0 aromatic heterocycles. The molecule has 120 valence electrons. The van der Waals surface area contributed by atoms with Gasteiger partial charge in [-0.15, -0.1) is 0 Å². The minimum Gasteiger partial charge on any atom is -0.494 e. The Kier molecular flexibility index (Phi) is 5.14. The van der Waals surface area contributed by atoms with E-state index in [1.165, 1.54) is 0 Å². The number of nitrogen functional groups attached to an aromatic ring is 1. The Hall–Kier alpha value is -2.37. The van der Waals surface area contributed by atoms with Crippen LogP contribution in [0.3, 0.4) is 0 Å². The molecule has 0 radical (unpaired) electrons. The van der Waals surface area contributed by atoms with Crippen molar-refractivity contribution in [1.82, 2.24) is 4.90 Å². The first-order valence-corrected chi connectivity index (χ1v) is 7.22. The fourth-order valence-corrected chi connectivity index (χ4v) is 2.33. The molecule has 2 rings (SSSR count). The molecule has 1 aromatic rings. The summed E-state index contributed by atoms with van der Waals surface area (Å²) in [5, 5.41) is 0. The number of allylic oxidation sites excluding steroid dienone is 1. The highest BCUT2D eigenvalue weighted by molar-refractivity contribution is 5.68. The van der Waals surface area contributed by atoms with Crippen molar-refractivity contribution < 1.29 is 19.0 Å². The molecular formula is C16H22N2O4. The van der Waals surface area contributed by atoms with Crippen molar-refractivity contribution in [3.63, 3.8) is 0 Å². The summed E-state index contributed by atoms with van der Waals surface area (Å²) in [6, 6.07) is 5.35. The summed E-state index contributed by atoms with van der Waals surface area (Å²) in [5.74, 6) is 1.71. The van der Waals surface area contributed by atoms with E-state index in [1.54, 1.807) is 31.1 Å². The van der Waals surface area contributed by atoms with Crippen LogP contribution in [-0.2, 0) is 4.74 Å². The lowest BCUT2D eigenvalue weighted by Crippen LogP contribution is -2.41. The van der Waals surface area contributed by atoms with Gasteiger partial charge in [-0.3, -0.25) is 0 Å². The highest BCUT2D eigenvalue weighted by Gasteiger charge is 2.25. The smallest absolute Gasteiger partial charge is 0.414 e. The third-order valence-corrected chi connectivity index (χ3v) is 3.47. The van der Waals surface area contributed by atoms with Gasteiger partial charge in [0.05, 0.1) is 18.6 Å². The number of methoxy groups -OCH3 is 1. The molecule has 1 amide bonds. The first-order chi connectivity index (χ1) is 10.5. The van der Waals surface area contributed by atoms with E-state index in [4.69, 9.17) is 19.9 Å². The Morgan fingerprint density at radius 2 is 2.05 bits per heavy atom. The molecule has 0 aliphatic carbocycles. The average molecular weight is 306 g/mol. The van der Waals surface area contributed by atoms with Crippen LogP contribution in [0.2, 0.25) is 0 Å². The van der Waals surface area contributed by atoms with Gasteiger partial charge >= 0.3 is 6.09 Å². The third-order valence-electron chi connectivity index (χ3n) is 3.47. The molecule has 0 unspecified atom stereocenters. The van der Waals surface area contributed by atoms with Crippen LogP contribution in [0.1, 0.15) is 19.8 Å². The topological polar surface area (TPSA) is 74.0 Å². The van der Waals surface area contributed by atoms with E-state index in [-0.39, 0.29) is 12.2 Å². The van der Waals surface area contributed by atoms with Crippen molar-refractivity contribution in [3.05, 3.63) is 30.5 Å². The first-order valence-electron chi connectivity index (χ1n) is 7.22. The van der Waals surface area contributed by atoms with E-state index in [1.807, 2.05) is 6.07 Å². The van der Waals surface area contributed by atoms with Crippen LogP contribution >= 0.6 is 0 Å². The molecule has 0 bridgehead atoms. The van der Waals surface area contributed by atoms with Crippen molar-refractivity contribution in [1.29, 1.82) is 0 Å². The van der Waals surface area contributed by atoms with Gasteiger partial charge < -0.3 is 24.8 Å². The summed E-state index contributed by atoms with van der Waals surface area (Å²) in [4.78, 5) is 13.4. The number of hydrogen-bond donors (Lipinski definition) is 1. The molecule has 1 heterocycles. The Bertz CT molecular complexity index is 551. The maximum absolute atomic E-state index is 11.8. The number of piperidine rings is 1. The molecule has 0 spiro atoms. The summed E-state index contributed by atoms with van der Waals surface area (Å²) in [6.07, 6.45) is 1.21. The number of carbonyl (C=O) groups is 1. The molecule has 0 saturated carbocycles. The Balaban J connectivity index is 1.87. The van der Waals surface area contributed by atoms with Gasteiger partial charge in [0, 0.05) is 32.0 Å². The molecule has 1 aliphatic heterocycles.